The highest BCUT2D eigenvalue weighted by molar-refractivity contribution is 5.78. The van der Waals surface area contributed by atoms with Crippen molar-refractivity contribution in [3.63, 3.8) is 0 Å². The molecule has 2 saturated heterocycles. The zero-order valence-corrected chi connectivity index (χ0v) is 13.2. The van der Waals surface area contributed by atoms with Crippen LogP contribution in [0.5, 0.6) is 0 Å². The zero-order valence-electron chi connectivity index (χ0n) is 13.2. The molecule has 2 aliphatic rings. The molecule has 122 valence electrons. The number of aliphatic hydroxyl groups excluding tert-OH is 1. The van der Waals surface area contributed by atoms with Gasteiger partial charge in [0, 0.05) is 31.7 Å². The summed E-state index contributed by atoms with van der Waals surface area (Å²) in [4.78, 5) is 16.6. The van der Waals surface area contributed by atoms with Crippen LogP contribution in [0.15, 0.2) is 12.3 Å². The molecule has 6 nitrogen and oxygen atoms in total. The third kappa shape index (κ3) is 3.67. The summed E-state index contributed by atoms with van der Waals surface area (Å²) in [5.41, 5.74) is 1.09. The Bertz CT molecular complexity index is 496. The van der Waals surface area contributed by atoms with E-state index in [1.807, 2.05) is 17.2 Å². The van der Waals surface area contributed by atoms with Gasteiger partial charge < -0.3 is 10.0 Å². The fourth-order valence-corrected chi connectivity index (χ4v) is 3.52. The first-order valence-corrected chi connectivity index (χ1v) is 8.40. The van der Waals surface area contributed by atoms with E-state index in [1.54, 1.807) is 4.68 Å². The van der Waals surface area contributed by atoms with Gasteiger partial charge in [0.05, 0.1) is 25.4 Å². The Morgan fingerprint density at radius 1 is 1.27 bits per heavy atom. The van der Waals surface area contributed by atoms with E-state index in [-0.39, 0.29) is 12.5 Å². The third-order valence-corrected chi connectivity index (χ3v) is 4.73. The summed E-state index contributed by atoms with van der Waals surface area (Å²) in [5, 5.41) is 13.5. The molecule has 0 bridgehead atoms. The van der Waals surface area contributed by atoms with Gasteiger partial charge in [-0.05, 0) is 38.3 Å². The number of carbonyl (C=O) groups is 1. The summed E-state index contributed by atoms with van der Waals surface area (Å²) >= 11 is 0. The van der Waals surface area contributed by atoms with E-state index in [2.05, 4.69) is 10.00 Å². The van der Waals surface area contributed by atoms with Gasteiger partial charge in [0.15, 0.2) is 0 Å². The second-order valence-corrected chi connectivity index (χ2v) is 6.39. The lowest BCUT2D eigenvalue weighted by Crippen LogP contribution is -2.43. The van der Waals surface area contributed by atoms with Crippen LogP contribution in [0.2, 0.25) is 0 Å². The van der Waals surface area contributed by atoms with E-state index < -0.39 is 0 Å². The lowest BCUT2D eigenvalue weighted by molar-refractivity contribution is -0.131. The zero-order chi connectivity index (χ0) is 15.4. The molecule has 0 spiro atoms. The van der Waals surface area contributed by atoms with Crippen LogP contribution < -0.4 is 0 Å². The van der Waals surface area contributed by atoms with Gasteiger partial charge in [-0.3, -0.25) is 14.4 Å². The first kappa shape index (κ1) is 15.5. The number of aromatic nitrogens is 2. The number of carbonyl (C=O) groups excluding carboxylic acids is 1. The maximum atomic E-state index is 12.3. The number of likely N-dealkylation sites (tertiary alicyclic amines) is 2. The highest BCUT2D eigenvalue weighted by atomic mass is 16.3. The summed E-state index contributed by atoms with van der Waals surface area (Å²) in [6, 6.07) is 2.05. The van der Waals surface area contributed by atoms with Gasteiger partial charge in [0.25, 0.3) is 0 Å². The topological polar surface area (TPSA) is 61.6 Å². The van der Waals surface area contributed by atoms with Crippen LogP contribution in [0.25, 0.3) is 0 Å². The molecule has 1 amide bonds. The van der Waals surface area contributed by atoms with Crippen molar-refractivity contribution in [2.45, 2.75) is 38.1 Å². The minimum absolute atomic E-state index is 0.113. The lowest BCUT2D eigenvalue weighted by Gasteiger charge is -2.32. The number of rotatable bonds is 5. The number of hydrogen-bond acceptors (Lipinski definition) is 4. The van der Waals surface area contributed by atoms with Gasteiger partial charge in [-0.2, -0.15) is 5.10 Å². The molecule has 0 saturated carbocycles. The molecule has 2 aliphatic heterocycles. The smallest absolute Gasteiger partial charge is 0.236 e. The SMILES string of the molecule is O=C(CN1CCC[C@@H](c2ccn(CCO)n2)C1)N1CCCC1. The van der Waals surface area contributed by atoms with Crippen LogP contribution in [-0.2, 0) is 11.3 Å². The molecule has 0 radical (unpaired) electrons. The summed E-state index contributed by atoms with van der Waals surface area (Å²) in [7, 11) is 0. The molecule has 2 fully saturated rings. The van der Waals surface area contributed by atoms with Crippen LogP contribution in [0, 0.1) is 0 Å². The van der Waals surface area contributed by atoms with Gasteiger partial charge in [-0.1, -0.05) is 0 Å². The molecule has 3 rings (SSSR count). The number of hydrogen-bond donors (Lipinski definition) is 1. The van der Waals surface area contributed by atoms with Gasteiger partial charge >= 0.3 is 0 Å². The number of amides is 1. The molecule has 0 aliphatic carbocycles. The summed E-state index contributed by atoms with van der Waals surface area (Å²) in [6.07, 6.45) is 6.47. The average molecular weight is 306 g/mol. The molecule has 1 aromatic heterocycles. The van der Waals surface area contributed by atoms with E-state index in [0.717, 1.165) is 57.6 Å². The maximum Gasteiger partial charge on any atom is 0.236 e. The molecular weight excluding hydrogens is 280 g/mol. The monoisotopic (exact) mass is 306 g/mol. The normalized spacial score (nSPS) is 23.1. The fraction of sp³-hybridized carbons (Fsp3) is 0.750. The van der Waals surface area contributed by atoms with E-state index >= 15 is 0 Å². The van der Waals surface area contributed by atoms with E-state index in [4.69, 9.17) is 5.11 Å². The number of piperidine rings is 1. The highest BCUT2D eigenvalue weighted by Gasteiger charge is 2.26. The Kier molecular flexibility index (Phi) is 5.10. The Morgan fingerprint density at radius 3 is 2.86 bits per heavy atom. The van der Waals surface area contributed by atoms with Crippen LogP contribution in [-0.4, -0.2) is 69.9 Å². The second kappa shape index (κ2) is 7.24. The summed E-state index contributed by atoms with van der Waals surface area (Å²) < 4.78 is 1.80. The third-order valence-electron chi connectivity index (χ3n) is 4.73. The number of nitrogens with zero attached hydrogens (tertiary/aromatic N) is 4. The standard InChI is InChI=1S/C16H26N4O2/c21-11-10-20-9-5-15(17-20)14-4-3-6-18(12-14)13-16(22)19-7-1-2-8-19/h5,9,14,21H,1-4,6-8,10-13H2/t14-/m1/s1. The van der Waals surface area contributed by atoms with Gasteiger partial charge in [0.1, 0.15) is 0 Å². The molecule has 3 heterocycles. The Hall–Kier alpha value is -1.40. The maximum absolute atomic E-state index is 12.3. The second-order valence-electron chi connectivity index (χ2n) is 6.39. The van der Waals surface area contributed by atoms with Crippen LogP contribution in [0.4, 0.5) is 0 Å². The van der Waals surface area contributed by atoms with Crippen molar-refractivity contribution < 1.29 is 9.90 Å². The molecule has 22 heavy (non-hydrogen) atoms. The van der Waals surface area contributed by atoms with Crippen molar-refractivity contribution in [2.24, 2.45) is 0 Å². The van der Waals surface area contributed by atoms with E-state index in [9.17, 15) is 4.79 Å². The quantitative estimate of drug-likeness (QED) is 0.869. The molecule has 1 aromatic rings. The minimum atomic E-state index is 0.113. The summed E-state index contributed by atoms with van der Waals surface area (Å²) in [5.74, 6) is 0.684. The van der Waals surface area contributed by atoms with Crippen molar-refractivity contribution in [3.8, 4) is 0 Å². The lowest BCUT2D eigenvalue weighted by atomic mass is 9.95. The molecule has 0 aromatic carbocycles. The fourth-order valence-electron chi connectivity index (χ4n) is 3.52. The van der Waals surface area contributed by atoms with Crippen molar-refractivity contribution in [1.29, 1.82) is 0 Å². The highest BCUT2D eigenvalue weighted by Crippen LogP contribution is 2.25. The first-order chi connectivity index (χ1) is 10.8. The van der Waals surface area contributed by atoms with Crippen molar-refractivity contribution >= 4 is 5.91 Å². The van der Waals surface area contributed by atoms with E-state index in [1.165, 1.54) is 0 Å². The van der Waals surface area contributed by atoms with Gasteiger partial charge in [-0.25, -0.2) is 0 Å². The van der Waals surface area contributed by atoms with Crippen molar-refractivity contribution in [1.82, 2.24) is 19.6 Å². The molecule has 1 atom stereocenters. The van der Waals surface area contributed by atoms with E-state index in [0.29, 0.717) is 19.0 Å². The molecule has 0 unspecified atom stereocenters. The van der Waals surface area contributed by atoms with Crippen molar-refractivity contribution in [3.05, 3.63) is 18.0 Å². The summed E-state index contributed by atoms with van der Waals surface area (Å²) in [6.45, 7) is 4.99. The molecule has 6 heteroatoms. The van der Waals surface area contributed by atoms with Crippen LogP contribution in [0.3, 0.4) is 0 Å². The molecular formula is C16H26N4O2. The predicted octanol–water partition coefficient (Wildman–Crippen LogP) is 0.677. The van der Waals surface area contributed by atoms with Crippen LogP contribution in [0.1, 0.15) is 37.3 Å². The largest absolute Gasteiger partial charge is 0.394 e. The van der Waals surface area contributed by atoms with Crippen LogP contribution >= 0.6 is 0 Å². The predicted molar refractivity (Wildman–Crippen MR) is 83.5 cm³/mol. The Morgan fingerprint density at radius 2 is 2.09 bits per heavy atom. The number of aliphatic hydroxyl groups is 1. The first-order valence-electron chi connectivity index (χ1n) is 8.40. The average Bonchev–Trinajstić information content (AvgIpc) is 3.19. The molecule has 1 N–H and O–H groups in total. The minimum Gasteiger partial charge on any atom is -0.394 e. The van der Waals surface area contributed by atoms with Gasteiger partial charge in [-0.15, -0.1) is 0 Å². The van der Waals surface area contributed by atoms with Gasteiger partial charge in [0.2, 0.25) is 5.91 Å². The Labute approximate surface area is 131 Å². The van der Waals surface area contributed by atoms with Crippen molar-refractivity contribution in [2.75, 3.05) is 39.3 Å². The Balaban J connectivity index is 1.55.